The van der Waals surface area contributed by atoms with E-state index in [1.165, 1.54) is 4.90 Å². The van der Waals surface area contributed by atoms with E-state index in [2.05, 4.69) is 15.5 Å². The molecule has 3 rings (SSSR count). The average molecular weight is 384 g/mol. The van der Waals surface area contributed by atoms with E-state index >= 15 is 0 Å². The van der Waals surface area contributed by atoms with Gasteiger partial charge in [0.05, 0.1) is 0 Å². The summed E-state index contributed by atoms with van der Waals surface area (Å²) in [5.41, 5.74) is 1.92. The van der Waals surface area contributed by atoms with Crippen LogP contribution in [0.15, 0.2) is 30.3 Å². The Balaban J connectivity index is 1.75. The first kappa shape index (κ1) is 19.6. The maximum Gasteiger partial charge on any atom is 0.326 e. The largest absolute Gasteiger partial charge is 0.480 e. The first-order valence-corrected chi connectivity index (χ1v) is 9.37. The Bertz CT molecular complexity index is 890. The van der Waals surface area contributed by atoms with Crippen molar-refractivity contribution >= 4 is 23.5 Å². The van der Waals surface area contributed by atoms with Gasteiger partial charge in [-0.2, -0.15) is 5.10 Å². The Morgan fingerprint density at radius 3 is 2.71 bits per heavy atom. The van der Waals surface area contributed by atoms with Gasteiger partial charge in [-0.3, -0.25) is 14.7 Å². The summed E-state index contributed by atoms with van der Waals surface area (Å²) < 4.78 is 0. The molecule has 1 atom stereocenters. The van der Waals surface area contributed by atoms with Crippen LogP contribution in [0.3, 0.4) is 0 Å². The van der Waals surface area contributed by atoms with Gasteiger partial charge in [0, 0.05) is 23.5 Å². The lowest BCUT2D eigenvalue weighted by molar-refractivity contribution is -0.143. The van der Waals surface area contributed by atoms with Gasteiger partial charge in [0.15, 0.2) is 5.69 Å². The number of rotatable bonds is 5. The fraction of sp³-hybridized carbons (Fsp3) is 0.400. The summed E-state index contributed by atoms with van der Waals surface area (Å²) >= 11 is 0. The molecule has 3 N–H and O–H groups in total. The van der Waals surface area contributed by atoms with Crippen LogP contribution >= 0.6 is 0 Å². The number of carbonyl (C=O) groups is 3. The number of benzene rings is 1. The number of carbonyl (C=O) groups excluding carboxylic acids is 2. The van der Waals surface area contributed by atoms with Crippen molar-refractivity contribution in [3.05, 3.63) is 47.3 Å². The minimum absolute atomic E-state index is 0.224. The van der Waals surface area contributed by atoms with Crippen molar-refractivity contribution < 1.29 is 19.5 Å². The number of likely N-dealkylation sites (tertiary alicyclic amines) is 1. The van der Waals surface area contributed by atoms with Crippen molar-refractivity contribution in [3.63, 3.8) is 0 Å². The van der Waals surface area contributed by atoms with Crippen LogP contribution in [-0.4, -0.2) is 50.6 Å². The number of piperidine rings is 1. The lowest BCUT2D eigenvalue weighted by atomic mass is 10.0. The van der Waals surface area contributed by atoms with E-state index in [9.17, 15) is 19.5 Å². The van der Waals surface area contributed by atoms with Crippen LogP contribution in [0.4, 0.5) is 5.69 Å². The summed E-state index contributed by atoms with van der Waals surface area (Å²) in [5.74, 6) is -1.49. The molecule has 28 heavy (non-hydrogen) atoms. The lowest BCUT2D eigenvalue weighted by Crippen LogP contribution is -2.48. The zero-order valence-corrected chi connectivity index (χ0v) is 15.9. The van der Waals surface area contributed by atoms with E-state index in [1.54, 1.807) is 30.3 Å². The van der Waals surface area contributed by atoms with Crippen LogP contribution in [0.5, 0.6) is 0 Å². The standard InChI is InChI=1S/C20H24N4O4/c1-12(2)15-11-16(23-22-15)18(25)21-14-7-5-6-13(10-14)19(26)24-9-4-3-8-17(24)20(27)28/h5-7,10-12,17H,3-4,8-9H2,1-2H3,(H,21,25)(H,22,23)(H,27,28). The number of hydrogen-bond acceptors (Lipinski definition) is 4. The molecular weight excluding hydrogens is 360 g/mol. The average Bonchev–Trinajstić information content (AvgIpc) is 3.18. The summed E-state index contributed by atoms with van der Waals surface area (Å²) in [5, 5.41) is 19.0. The van der Waals surface area contributed by atoms with E-state index in [1.807, 2.05) is 13.8 Å². The zero-order chi connectivity index (χ0) is 20.3. The summed E-state index contributed by atoms with van der Waals surface area (Å²) in [6.45, 7) is 4.40. The molecule has 148 valence electrons. The third kappa shape index (κ3) is 4.21. The van der Waals surface area contributed by atoms with Gasteiger partial charge in [-0.1, -0.05) is 19.9 Å². The molecule has 1 fully saturated rings. The van der Waals surface area contributed by atoms with E-state index in [0.29, 0.717) is 24.2 Å². The number of aromatic nitrogens is 2. The van der Waals surface area contributed by atoms with Gasteiger partial charge in [-0.15, -0.1) is 0 Å². The minimum Gasteiger partial charge on any atom is -0.480 e. The third-order valence-corrected chi connectivity index (χ3v) is 4.87. The van der Waals surface area contributed by atoms with Gasteiger partial charge in [0.2, 0.25) is 0 Å². The normalized spacial score (nSPS) is 16.8. The van der Waals surface area contributed by atoms with E-state index in [4.69, 9.17) is 0 Å². The predicted molar refractivity (Wildman–Crippen MR) is 103 cm³/mol. The monoisotopic (exact) mass is 384 g/mol. The molecular formula is C20H24N4O4. The van der Waals surface area contributed by atoms with Crippen LogP contribution in [0, 0.1) is 0 Å². The van der Waals surface area contributed by atoms with E-state index in [-0.39, 0.29) is 23.4 Å². The molecule has 0 radical (unpaired) electrons. The molecule has 0 bridgehead atoms. The second kappa shape index (κ2) is 8.24. The van der Waals surface area contributed by atoms with Gasteiger partial charge in [-0.05, 0) is 49.4 Å². The molecule has 8 heteroatoms. The second-order valence-electron chi connectivity index (χ2n) is 7.25. The van der Waals surface area contributed by atoms with Crippen molar-refractivity contribution in [1.82, 2.24) is 15.1 Å². The highest BCUT2D eigenvalue weighted by Gasteiger charge is 2.32. The number of aliphatic carboxylic acids is 1. The number of aromatic amines is 1. The fourth-order valence-corrected chi connectivity index (χ4v) is 3.27. The molecule has 1 unspecified atom stereocenters. The van der Waals surface area contributed by atoms with Gasteiger partial charge in [0.25, 0.3) is 11.8 Å². The number of nitrogens with zero attached hydrogens (tertiary/aromatic N) is 2. The molecule has 2 aromatic rings. The van der Waals surface area contributed by atoms with Crippen molar-refractivity contribution in [2.45, 2.75) is 45.1 Å². The number of carboxylic acid groups (broad SMARTS) is 1. The van der Waals surface area contributed by atoms with Crippen LogP contribution in [0.25, 0.3) is 0 Å². The van der Waals surface area contributed by atoms with Crippen LogP contribution in [0.2, 0.25) is 0 Å². The topological polar surface area (TPSA) is 115 Å². The Labute approximate surface area is 162 Å². The number of carboxylic acids is 1. The number of H-pyrrole nitrogens is 1. The fourth-order valence-electron chi connectivity index (χ4n) is 3.27. The minimum atomic E-state index is -0.989. The van der Waals surface area contributed by atoms with Crippen LogP contribution in [0.1, 0.15) is 65.6 Å². The second-order valence-corrected chi connectivity index (χ2v) is 7.25. The lowest BCUT2D eigenvalue weighted by Gasteiger charge is -2.33. The third-order valence-electron chi connectivity index (χ3n) is 4.87. The van der Waals surface area contributed by atoms with Gasteiger partial charge in [0.1, 0.15) is 6.04 Å². The molecule has 1 saturated heterocycles. The maximum atomic E-state index is 12.8. The zero-order valence-electron chi connectivity index (χ0n) is 15.9. The number of hydrogen-bond donors (Lipinski definition) is 3. The highest BCUT2D eigenvalue weighted by atomic mass is 16.4. The number of amides is 2. The molecule has 0 saturated carbocycles. The predicted octanol–water partition coefficient (Wildman–Crippen LogP) is 2.86. The first-order valence-electron chi connectivity index (χ1n) is 9.37. The van der Waals surface area contributed by atoms with Crippen molar-refractivity contribution in [2.24, 2.45) is 0 Å². The summed E-state index contributed by atoms with van der Waals surface area (Å²) in [7, 11) is 0. The molecule has 8 nitrogen and oxygen atoms in total. The van der Waals surface area contributed by atoms with Gasteiger partial charge in [-0.25, -0.2) is 4.79 Å². The highest BCUT2D eigenvalue weighted by molar-refractivity contribution is 6.04. The highest BCUT2D eigenvalue weighted by Crippen LogP contribution is 2.22. The Morgan fingerprint density at radius 1 is 1.25 bits per heavy atom. The Hall–Kier alpha value is -3.16. The number of nitrogens with one attached hydrogen (secondary N) is 2. The SMILES string of the molecule is CC(C)c1cc(C(=O)Nc2cccc(C(=O)N3CCCCC3C(=O)O)c2)n[nH]1. The smallest absolute Gasteiger partial charge is 0.326 e. The molecule has 2 amide bonds. The van der Waals surface area contributed by atoms with Crippen LogP contribution in [-0.2, 0) is 4.79 Å². The Morgan fingerprint density at radius 2 is 2.04 bits per heavy atom. The first-order chi connectivity index (χ1) is 13.4. The Kier molecular flexibility index (Phi) is 5.77. The van der Waals surface area contributed by atoms with E-state index in [0.717, 1.165) is 18.5 Å². The van der Waals surface area contributed by atoms with Gasteiger partial charge < -0.3 is 15.3 Å². The van der Waals surface area contributed by atoms with E-state index < -0.39 is 12.0 Å². The molecule has 0 aliphatic carbocycles. The summed E-state index contributed by atoms with van der Waals surface area (Å²) in [4.78, 5) is 38.1. The molecule has 1 aliphatic heterocycles. The van der Waals surface area contributed by atoms with Crippen molar-refractivity contribution in [3.8, 4) is 0 Å². The van der Waals surface area contributed by atoms with Crippen molar-refractivity contribution in [2.75, 3.05) is 11.9 Å². The molecule has 0 spiro atoms. The summed E-state index contributed by atoms with van der Waals surface area (Å²) in [6.07, 6.45) is 2.02. The molecule has 2 heterocycles. The quantitative estimate of drug-likeness (QED) is 0.733. The number of anilines is 1. The van der Waals surface area contributed by atoms with Crippen LogP contribution < -0.4 is 5.32 Å². The molecule has 1 aromatic carbocycles. The molecule has 1 aromatic heterocycles. The maximum absolute atomic E-state index is 12.8. The van der Waals surface area contributed by atoms with Gasteiger partial charge >= 0.3 is 5.97 Å². The summed E-state index contributed by atoms with van der Waals surface area (Å²) in [6, 6.07) is 7.40. The van der Waals surface area contributed by atoms with Crippen molar-refractivity contribution in [1.29, 1.82) is 0 Å². The molecule has 1 aliphatic rings.